The fourth-order valence-electron chi connectivity index (χ4n) is 4.07. The van der Waals surface area contributed by atoms with Crippen molar-refractivity contribution in [2.75, 3.05) is 18.0 Å². The molecular formula is C21H27N5O2. The van der Waals surface area contributed by atoms with Gasteiger partial charge in [-0.25, -0.2) is 4.79 Å². The summed E-state index contributed by atoms with van der Waals surface area (Å²) < 4.78 is 4.70. The molecule has 0 unspecified atom stereocenters. The van der Waals surface area contributed by atoms with Crippen LogP contribution >= 0.6 is 0 Å². The molecule has 0 aliphatic carbocycles. The van der Waals surface area contributed by atoms with Gasteiger partial charge in [-0.15, -0.1) is 0 Å². The first kappa shape index (κ1) is 18.5. The summed E-state index contributed by atoms with van der Waals surface area (Å²) in [7, 11) is 3.22. The third kappa shape index (κ3) is 3.25. The van der Waals surface area contributed by atoms with Crippen molar-refractivity contribution in [1.29, 1.82) is 0 Å². The quantitative estimate of drug-likeness (QED) is 0.679. The predicted octanol–water partition coefficient (Wildman–Crippen LogP) is 2.06. The van der Waals surface area contributed by atoms with Gasteiger partial charge in [0.15, 0.2) is 11.2 Å². The second-order valence-corrected chi connectivity index (χ2v) is 7.58. The average Bonchev–Trinajstić information content (AvgIpc) is 3.12. The number of hydrogen-bond donors (Lipinski definition) is 0. The van der Waals surface area contributed by atoms with Crippen LogP contribution in [0.4, 0.5) is 5.95 Å². The largest absolute Gasteiger partial charge is 0.342 e. The minimum atomic E-state index is -0.336. The molecule has 148 valence electrons. The lowest BCUT2D eigenvalue weighted by Gasteiger charge is -2.28. The Labute approximate surface area is 163 Å². The Morgan fingerprint density at radius 3 is 2.39 bits per heavy atom. The lowest BCUT2D eigenvalue weighted by atomic mass is 10.1. The molecule has 1 aliphatic heterocycles. The highest BCUT2D eigenvalue weighted by Crippen LogP contribution is 2.23. The van der Waals surface area contributed by atoms with Gasteiger partial charge in [-0.3, -0.25) is 13.9 Å². The molecule has 7 heteroatoms. The zero-order chi connectivity index (χ0) is 19.7. The van der Waals surface area contributed by atoms with E-state index in [4.69, 9.17) is 4.98 Å². The van der Waals surface area contributed by atoms with Crippen molar-refractivity contribution in [1.82, 2.24) is 18.7 Å². The molecule has 1 aromatic carbocycles. The molecule has 0 bridgehead atoms. The van der Waals surface area contributed by atoms with E-state index in [9.17, 15) is 9.59 Å². The summed E-state index contributed by atoms with van der Waals surface area (Å²) in [5, 5.41) is 0. The van der Waals surface area contributed by atoms with Crippen molar-refractivity contribution < 1.29 is 0 Å². The summed E-state index contributed by atoms with van der Waals surface area (Å²) in [4.78, 5) is 32.3. The molecule has 0 saturated carbocycles. The Hall–Kier alpha value is -2.83. The van der Waals surface area contributed by atoms with Gasteiger partial charge in [-0.2, -0.15) is 4.98 Å². The van der Waals surface area contributed by atoms with E-state index in [0.717, 1.165) is 44.7 Å². The smallest absolute Gasteiger partial charge is 0.332 e. The number of hydrogen-bond acceptors (Lipinski definition) is 4. The first-order chi connectivity index (χ1) is 13.6. The first-order valence-electron chi connectivity index (χ1n) is 10.0. The molecule has 7 nitrogen and oxygen atoms in total. The van der Waals surface area contributed by atoms with Gasteiger partial charge in [0, 0.05) is 33.7 Å². The standard InChI is InChI=1S/C21H27N5O2/c1-23-18-17(19(27)24(2)21(23)28)26(15-9-12-16-10-5-3-6-11-16)20(22-18)25-13-7-4-8-14-25/h3,5-6,10-11H,4,7-9,12-15H2,1-2H3. The number of anilines is 1. The minimum absolute atomic E-state index is 0.270. The van der Waals surface area contributed by atoms with Crippen LogP contribution in [0.2, 0.25) is 0 Å². The minimum Gasteiger partial charge on any atom is -0.342 e. The average molecular weight is 381 g/mol. The maximum Gasteiger partial charge on any atom is 0.332 e. The maximum absolute atomic E-state index is 12.9. The second kappa shape index (κ2) is 7.66. The highest BCUT2D eigenvalue weighted by atomic mass is 16.2. The summed E-state index contributed by atoms with van der Waals surface area (Å²) in [6.45, 7) is 2.58. The zero-order valence-electron chi connectivity index (χ0n) is 16.6. The van der Waals surface area contributed by atoms with E-state index in [1.807, 2.05) is 22.8 Å². The summed E-state index contributed by atoms with van der Waals surface area (Å²) in [6, 6.07) is 10.4. The summed E-state index contributed by atoms with van der Waals surface area (Å²) in [6.07, 6.45) is 5.33. The predicted molar refractivity (Wildman–Crippen MR) is 111 cm³/mol. The molecule has 2 aromatic heterocycles. The molecule has 0 N–H and O–H groups in total. The SMILES string of the molecule is Cn1c(=O)c2c(nc(N3CCCCC3)n2CCCc2ccccc2)n(C)c1=O. The molecule has 1 saturated heterocycles. The number of piperidine rings is 1. The summed E-state index contributed by atoms with van der Waals surface area (Å²) >= 11 is 0. The molecule has 0 atom stereocenters. The third-order valence-electron chi connectivity index (χ3n) is 5.66. The van der Waals surface area contributed by atoms with Crippen LogP contribution in [0, 0.1) is 0 Å². The number of fused-ring (bicyclic) bond motifs is 1. The third-order valence-corrected chi connectivity index (χ3v) is 5.66. The van der Waals surface area contributed by atoms with Crippen molar-refractivity contribution in [2.24, 2.45) is 14.1 Å². The Bertz CT molecular complexity index is 1090. The van der Waals surface area contributed by atoms with Crippen molar-refractivity contribution in [3.8, 4) is 0 Å². The lowest BCUT2D eigenvalue weighted by Crippen LogP contribution is -2.37. The Morgan fingerprint density at radius 1 is 0.964 bits per heavy atom. The fraction of sp³-hybridized carbons (Fsp3) is 0.476. The molecule has 28 heavy (non-hydrogen) atoms. The second-order valence-electron chi connectivity index (χ2n) is 7.58. The maximum atomic E-state index is 12.9. The van der Waals surface area contributed by atoms with Crippen molar-refractivity contribution in [2.45, 2.75) is 38.6 Å². The number of aromatic nitrogens is 4. The van der Waals surface area contributed by atoms with Crippen molar-refractivity contribution in [3.05, 3.63) is 56.7 Å². The molecular weight excluding hydrogens is 354 g/mol. The van der Waals surface area contributed by atoms with Crippen LogP contribution < -0.4 is 16.1 Å². The number of imidazole rings is 1. The van der Waals surface area contributed by atoms with Crippen LogP contribution in [0.5, 0.6) is 0 Å². The van der Waals surface area contributed by atoms with Gasteiger partial charge in [0.25, 0.3) is 5.56 Å². The van der Waals surface area contributed by atoms with Crippen LogP contribution in [0.3, 0.4) is 0 Å². The van der Waals surface area contributed by atoms with E-state index in [-0.39, 0.29) is 11.2 Å². The number of nitrogens with zero attached hydrogens (tertiary/aromatic N) is 5. The van der Waals surface area contributed by atoms with E-state index in [0.29, 0.717) is 17.7 Å². The van der Waals surface area contributed by atoms with E-state index in [2.05, 4.69) is 17.0 Å². The number of benzene rings is 1. The van der Waals surface area contributed by atoms with Gasteiger partial charge in [-0.1, -0.05) is 30.3 Å². The topological polar surface area (TPSA) is 65.1 Å². The van der Waals surface area contributed by atoms with E-state index in [1.165, 1.54) is 28.2 Å². The number of rotatable bonds is 5. The van der Waals surface area contributed by atoms with E-state index in [1.54, 1.807) is 7.05 Å². The molecule has 0 spiro atoms. The lowest BCUT2D eigenvalue weighted by molar-refractivity contribution is 0.550. The van der Waals surface area contributed by atoms with E-state index < -0.39 is 0 Å². The van der Waals surface area contributed by atoms with Gasteiger partial charge in [0.1, 0.15) is 0 Å². The van der Waals surface area contributed by atoms with Gasteiger partial charge in [-0.05, 0) is 37.7 Å². The molecule has 0 amide bonds. The van der Waals surface area contributed by atoms with Crippen LogP contribution in [0.15, 0.2) is 39.9 Å². The Morgan fingerprint density at radius 2 is 1.68 bits per heavy atom. The normalized spacial score (nSPS) is 14.7. The van der Waals surface area contributed by atoms with Crippen LogP contribution in [0.25, 0.3) is 11.2 Å². The van der Waals surface area contributed by atoms with Crippen molar-refractivity contribution >= 4 is 17.1 Å². The molecule has 1 fully saturated rings. The van der Waals surface area contributed by atoms with Crippen LogP contribution in [0.1, 0.15) is 31.2 Å². The molecule has 0 radical (unpaired) electrons. The highest BCUT2D eigenvalue weighted by Gasteiger charge is 2.23. The molecule has 3 aromatic rings. The van der Waals surface area contributed by atoms with Crippen LogP contribution in [-0.4, -0.2) is 31.8 Å². The van der Waals surface area contributed by atoms with Crippen molar-refractivity contribution in [3.63, 3.8) is 0 Å². The van der Waals surface area contributed by atoms with Gasteiger partial charge >= 0.3 is 5.69 Å². The molecule has 4 rings (SSSR count). The number of aryl methyl sites for hydroxylation is 3. The Balaban J connectivity index is 1.76. The molecule has 3 heterocycles. The zero-order valence-corrected chi connectivity index (χ0v) is 16.6. The van der Waals surface area contributed by atoms with Gasteiger partial charge < -0.3 is 9.47 Å². The fourth-order valence-corrected chi connectivity index (χ4v) is 4.07. The highest BCUT2D eigenvalue weighted by molar-refractivity contribution is 5.74. The van der Waals surface area contributed by atoms with E-state index >= 15 is 0 Å². The van der Waals surface area contributed by atoms with Gasteiger partial charge in [0.2, 0.25) is 5.95 Å². The summed E-state index contributed by atoms with van der Waals surface area (Å²) in [5.74, 6) is 0.820. The van der Waals surface area contributed by atoms with Gasteiger partial charge in [0.05, 0.1) is 0 Å². The first-order valence-corrected chi connectivity index (χ1v) is 10.0. The van der Waals surface area contributed by atoms with Crippen LogP contribution in [-0.2, 0) is 27.1 Å². The summed E-state index contributed by atoms with van der Waals surface area (Å²) in [5.41, 5.74) is 1.68. The Kier molecular flexibility index (Phi) is 5.07. The monoisotopic (exact) mass is 381 g/mol. The molecule has 1 aliphatic rings.